The van der Waals surface area contributed by atoms with Crippen molar-refractivity contribution >= 4 is 39.7 Å². The number of amides is 1. The number of thiazole rings is 2. The Kier molecular flexibility index (Phi) is 4.87. The molecule has 27 heavy (non-hydrogen) atoms. The summed E-state index contributed by atoms with van der Waals surface area (Å²) in [5.41, 5.74) is 2.60. The first-order valence-corrected chi connectivity index (χ1v) is 10.1. The highest BCUT2D eigenvalue weighted by Gasteiger charge is 2.18. The van der Waals surface area contributed by atoms with Crippen molar-refractivity contribution in [2.45, 2.75) is 13.3 Å². The number of ether oxygens (including phenoxy) is 2. The number of carbonyl (C=O) groups excluding carboxylic acids is 2. The van der Waals surface area contributed by atoms with E-state index in [2.05, 4.69) is 21.4 Å². The molecule has 1 aliphatic heterocycles. The molecule has 2 aromatic heterocycles. The van der Waals surface area contributed by atoms with Gasteiger partial charge < -0.3 is 9.47 Å². The lowest BCUT2D eigenvalue weighted by Gasteiger charge is -2.01. The van der Waals surface area contributed by atoms with Crippen LogP contribution in [0.5, 0.6) is 5.75 Å². The summed E-state index contributed by atoms with van der Waals surface area (Å²) in [6.45, 7) is 2.70. The molecular weight excluding hydrogens is 386 g/mol. The third-order valence-corrected chi connectivity index (χ3v) is 5.53. The molecule has 1 amide bonds. The van der Waals surface area contributed by atoms with E-state index in [0.717, 1.165) is 39.6 Å². The minimum atomic E-state index is -0.509. The van der Waals surface area contributed by atoms with E-state index >= 15 is 0 Å². The van der Waals surface area contributed by atoms with E-state index in [1.54, 1.807) is 17.7 Å². The van der Waals surface area contributed by atoms with E-state index in [9.17, 15) is 9.59 Å². The van der Waals surface area contributed by atoms with E-state index < -0.39 is 5.97 Å². The highest BCUT2D eigenvalue weighted by molar-refractivity contribution is 7.14. The van der Waals surface area contributed by atoms with Crippen LogP contribution in [-0.4, -0.2) is 35.1 Å². The van der Waals surface area contributed by atoms with Gasteiger partial charge in [-0.2, -0.15) is 0 Å². The van der Waals surface area contributed by atoms with Crippen LogP contribution in [0.1, 0.15) is 33.5 Å². The fraction of sp³-hybridized carbons (Fsp3) is 0.222. The Morgan fingerprint density at radius 1 is 1.22 bits per heavy atom. The molecule has 0 saturated heterocycles. The van der Waals surface area contributed by atoms with Crippen molar-refractivity contribution in [3.8, 4) is 16.3 Å². The monoisotopic (exact) mass is 401 g/mol. The first kappa shape index (κ1) is 17.6. The number of esters is 1. The maximum absolute atomic E-state index is 12.4. The molecule has 0 fully saturated rings. The normalized spacial score (nSPS) is 12.3. The van der Waals surface area contributed by atoms with Crippen LogP contribution in [0.25, 0.3) is 10.6 Å². The summed E-state index contributed by atoms with van der Waals surface area (Å²) in [6, 6.07) is 5.93. The zero-order valence-electron chi connectivity index (χ0n) is 14.4. The number of hydrogen-bond acceptors (Lipinski definition) is 8. The predicted molar refractivity (Wildman–Crippen MR) is 103 cm³/mol. The molecule has 0 unspecified atom stereocenters. The summed E-state index contributed by atoms with van der Waals surface area (Å²) in [5, 5.41) is 7.01. The fourth-order valence-electron chi connectivity index (χ4n) is 2.62. The van der Waals surface area contributed by atoms with Gasteiger partial charge in [0.05, 0.1) is 13.2 Å². The number of benzene rings is 1. The zero-order chi connectivity index (χ0) is 18.8. The Labute approximate surface area is 163 Å². The van der Waals surface area contributed by atoms with Crippen LogP contribution in [0.15, 0.2) is 29.0 Å². The van der Waals surface area contributed by atoms with Crippen molar-refractivity contribution < 1.29 is 19.1 Å². The van der Waals surface area contributed by atoms with Gasteiger partial charge in [0.25, 0.3) is 5.91 Å². The molecule has 1 aromatic carbocycles. The SMILES string of the molecule is CCOC(=O)c1csc(NC(=O)c2csc(-c3ccc4c(c3)CCO4)n2)n1. The van der Waals surface area contributed by atoms with E-state index in [1.807, 2.05) is 12.1 Å². The summed E-state index contributed by atoms with van der Waals surface area (Å²) in [7, 11) is 0. The number of fused-ring (bicyclic) bond motifs is 1. The van der Waals surface area contributed by atoms with Crippen LogP contribution in [0.3, 0.4) is 0 Å². The Balaban J connectivity index is 1.47. The molecule has 3 aromatic rings. The van der Waals surface area contributed by atoms with Crippen LogP contribution >= 0.6 is 22.7 Å². The van der Waals surface area contributed by atoms with Gasteiger partial charge in [-0.1, -0.05) is 0 Å². The summed E-state index contributed by atoms with van der Waals surface area (Å²) >= 11 is 2.56. The van der Waals surface area contributed by atoms with Gasteiger partial charge in [-0.05, 0) is 30.7 Å². The molecule has 4 rings (SSSR count). The third-order valence-electron chi connectivity index (χ3n) is 3.88. The standard InChI is InChI=1S/C18H15N3O4S2/c1-2-24-17(23)13-9-27-18(20-13)21-15(22)12-8-26-16(19-12)11-3-4-14-10(7-11)5-6-25-14/h3-4,7-9H,2,5-6H2,1H3,(H,20,21,22). The third kappa shape index (κ3) is 3.69. The van der Waals surface area contributed by atoms with E-state index in [1.165, 1.54) is 11.3 Å². The molecule has 1 aliphatic rings. The van der Waals surface area contributed by atoms with Crippen molar-refractivity contribution in [2.24, 2.45) is 0 Å². The molecule has 9 heteroatoms. The van der Waals surface area contributed by atoms with Crippen molar-refractivity contribution in [3.63, 3.8) is 0 Å². The van der Waals surface area contributed by atoms with Gasteiger partial charge >= 0.3 is 5.97 Å². The first-order chi connectivity index (χ1) is 13.1. The average Bonchev–Trinajstić information content (AvgIpc) is 3.41. The minimum absolute atomic E-state index is 0.177. The highest BCUT2D eigenvalue weighted by Crippen LogP contribution is 2.32. The first-order valence-electron chi connectivity index (χ1n) is 8.29. The van der Waals surface area contributed by atoms with Crippen LogP contribution < -0.4 is 10.1 Å². The van der Waals surface area contributed by atoms with Crippen LogP contribution in [0.2, 0.25) is 0 Å². The Morgan fingerprint density at radius 3 is 2.93 bits per heavy atom. The van der Waals surface area contributed by atoms with Crippen molar-refractivity contribution in [2.75, 3.05) is 18.5 Å². The average molecular weight is 401 g/mol. The van der Waals surface area contributed by atoms with Crippen LogP contribution in [0.4, 0.5) is 5.13 Å². The molecule has 0 bridgehead atoms. The Morgan fingerprint density at radius 2 is 2.07 bits per heavy atom. The second kappa shape index (κ2) is 7.45. The molecule has 138 valence electrons. The van der Waals surface area contributed by atoms with Gasteiger partial charge in [0.1, 0.15) is 16.5 Å². The number of nitrogens with zero attached hydrogens (tertiary/aromatic N) is 2. The largest absolute Gasteiger partial charge is 0.493 e. The molecule has 3 heterocycles. The van der Waals surface area contributed by atoms with Crippen LogP contribution in [0, 0.1) is 0 Å². The van der Waals surface area contributed by atoms with Gasteiger partial charge in [0, 0.05) is 22.7 Å². The van der Waals surface area contributed by atoms with E-state index in [-0.39, 0.29) is 18.2 Å². The topological polar surface area (TPSA) is 90.4 Å². The van der Waals surface area contributed by atoms with Crippen molar-refractivity contribution in [1.29, 1.82) is 0 Å². The van der Waals surface area contributed by atoms with Crippen LogP contribution in [-0.2, 0) is 11.2 Å². The molecule has 0 radical (unpaired) electrons. The molecule has 0 spiro atoms. The van der Waals surface area contributed by atoms with Crippen molar-refractivity contribution in [3.05, 3.63) is 45.9 Å². The summed E-state index contributed by atoms with van der Waals surface area (Å²) < 4.78 is 10.4. The number of hydrogen-bond donors (Lipinski definition) is 1. The number of aromatic nitrogens is 2. The van der Waals surface area contributed by atoms with E-state index in [4.69, 9.17) is 9.47 Å². The van der Waals surface area contributed by atoms with Gasteiger partial charge in [0.2, 0.25) is 0 Å². The molecule has 0 saturated carbocycles. The van der Waals surface area contributed by atoms with Gasteiger partial charge in [-0.25, -0.2) is 14.8 Å². The highest BCUT2D eigenvalue weighted by atomic mass is 32.1. The molecule has 1 N–H and O–H groups in total. The molecule has 0 aliphatic carbocycles. The number of nitrogens with one attached hydrogen (secondary N) is 1. The molecule has 7 nitrogen and oxygen atoms in total. The molecule has 0 atom stereocenters. The summed E-state index contributed by atoms with van der Waals surface area (Å²) in [5.74, 6) is 0.0342. The van der Waals surface area contributed by atoms with E-state index in [0.29, 0.717) is 17.4 Å². The second-order valence-corrected chi connectivity index (χ2v) is 7.39. The summed E-state index contributed by atoms with van der Waals surface area (Å²) in [4.78, 5) is 32.6. The number of anilines is 1. The Bertz CT molecular complexity index is 1010. The smallest absolute Gasteiger partial charge is 0.357 e. The quantitative estimate of drug-likeness (QED) is 0.657. The summed E-state index contributed by atoms with van der Waals surface area (Å²) in [6.07, 6.45) is 0.884. The van der Waals surface area contributed by atoms with Crippen molar-refractivity contribution in [1.82, 2.24) is 9.97 Å². The minimum Gasteiger partial charge on any atom is -0.493 e. The maximum Gasteiger partial charge on any atom is 0.357 e. The Hall–Kier alpha value is -2.78. The van der Waals surface area contributed by atoms with Gasteiger partial charge in [0.15, 0.2) is 10.8 Å². The lowest BCUT2D eigenvalue weighted by atomic mass is 10.1. The maximum atomic E-state index is 12.4. The zero-order valence-corrected chi connectivity index (χ0v) is 16.0. The van der Waals surface area contributed by atoms with Gasteiger partial charge in [-0.3, -0.25) is 10.1 Å². The lowest BCUT2D eigenvalue weighted by Crippen LogP contribution is -2.12. The number of rotatable bonds is 5. The predicted octanol–water partition coefficient (Wildman–Crippen LogP) is 3.63. The molecular formula is C18H15N3O4S2. The lowest BCUT2D eigenvalue weighted by molar-refractivity contribution is 0.0520. The fourth-order valence-corrected chi connectivity index (χ4v) is 4.09. The number of carbonyl (C=O) groups is 2. The van der Waals surface area contributed by atoms with Gasteiger partial charge in [-0.15, -0.1) is 22.7 Å². The second-order valence-electron chi connectivity index (χ2n) is 5.67.